The van der Waals surface area contributed by atoms with E-state index >= 15 is 0 Å². The topological polar surface area (TPSA) is 66.5 Å². The van der Waals surface area contributed by atoms with E-state index in [9.17, 15) is 4.39 Å². The summed E-state index contributed by atoms with van der Waals surface area (Å²) in [5, 5.41) is 3.26. The summed E-state index contributed by atoms with van der Waals surface area (Å²) in [4.78, 5) is 15.3. The molecule has 96 valence electrons. The number of anilines is 1. The molecule has 1 unspecified atom stereocenters. The van der Waals surface area contributed by atoms with Gasteiger partial charge in [0, 0.05) is 0 Å². The first-order valence-electron chi connectivity index (χ1n) is 5.90. The molecule has 3 aromatic rings. The summed E-state index contributed by atoms with van der Waals surface area (Å²) < 4.78 is 12.9. The Morgan fingerprint density at radius 1 is 1.16 bits per heavy atom. The zero-order valence-electron chi connectivity index (χ0n) is 10.3. The Morgan fingerprint density at radius 2 is 1.95 bits per heavy atom. The molecule has 0 aliphatic rings. The lowest BCUT2D eigenvalue weighted by Gasteiger charge is -2.15. The van der Waals surface area contributed by atoms with Crippen LogP contribution < -0.4 is 5.32 Å². The Bertz CT molecular complexity index is 692. The third-order valence-corrected chi connectivity index (χ3v) is 2.95. The molecule has 2 heterocycles. The van der Waals surface area contributed by atoms with Crippen LogP contribution in [0.1, 0.15) is 18.5 Å². The Balaban J connectivity index is 1.88. The minimum Gasteiger partial charge on any atom is -0.362 e. The number of aromatic amines is 1. The van der Waals surface area contributed by atoms with Gasteiger partial charge in [-0.3, -0.25) is 0 Å². The quantitative estimate of drug-likeness (QED) is 0.757. The van der Waals surface area contributed by atoms with Gasteiger partial charge in [0.2, 0.25) is 0 Å². The van der Waals surface area contributed by atoms with E-state index in [4.69, 9.17) is 0 Å². The zero-order chi connectivity index (χ0) is 13.2. The summed E-state index contributed by atoms with van der Waals surface area (Å²) in [6.07, 6.45) is 3.04. The van der Waals surface area contributed by atoms with Crippen molar-refractivity contribution >= 4 is 17.0 Å². The van der Waals surface area contributed by atoms with Crippen LogP contribution >= 0.6 is 0 Å². The Labute approximate surface area is 108 Å². The van der Waals surface area contributed by atoms with Crippen molar-refractivity contribution in [1.82, 2.24) is 19.9 Å². The van der Waals surface area contributed by atoms with Crippen molar-refractivity contribution in [2.75, 3.05) is 5.32 Å². The predicted octanol–water partition coefficient (Wildman–Crippen LogP) is 2.67. The van der Waals surface area contributed by atoms with Crippen LogP contribution in [0, 0.1) is 5.82 Å². The maximum absolute atomic E-state index is 12.9. The number of hydrogen-bond acceptors (Lipinski definition) is 4. The van der Waals surface area contributed by atoms with E-state index in [1.165, 1.54) is 18.5 Å². The molecule has 0 spiro atoms. The van der Waals surface area contributed by atoms with Gasteiger partial charge < -0.3 is 10.3 Å². The van der Waals surface area contributed by atoms with Gasteiger partial charge in [-0.25, -0.2) is 19.3 Å². The fourth-order valence-electron chi connectivity index (χ4n) is 1.91. The molecule has 0 saturated carbocycles. The van der Waals surface area contributed by atoms with E-state index in [1.807, 2.05) is 6.92 Å². The van der Waals surface area contributed by atoms with Crippen molar-refractivity contribution in [3.63, 3.8) is 0 Å². The minimum absolute atomic E-state index is 0.00185. The maximum Gasteiger partial charge on any atom is 0.182 e. The summed E-state index contributed by atoms with van der Waals surface area (Å²) in [5.41, 5.74) is 2.35. The average Bonchev–Trinajstić information content (AvgIpc) is 2.89. The maximum atomic E-state index is 12.9. The van der Waals surface area contributed by atoms with E-state index in [0.717, 1.165) is 11.1 Å². The van der Waals surface area contributed by atoms with Crippen molar-refractivity contribution < 1.29 is 4.39 Å². The monoisotopic (exact) mass is 257 g/mol. The molecule has 0 aliphatic heterocycles. The molecule has 5 nitrogen and oxygen atoms in total. The first-order chi connectivity index (χ1) is 9.24. The standard InChI is InChI=1S/C13H12FN5/c1-8(9-2-4-10(14)5-3-9)19-13-11-12(16-6-15-11)17-7-18-13/h2-8H,1H3,(H2,15,16,17,18,19). The zero-order valence-corrected chi connectivity index (χ0v) is 10.3. The van der Waals surface area contributed by atoms with Crippen LogP contribution in [0.5, 0.6) is 0 Å². The lowest BCUT2D eigenvalue weighted by Crippen LogP contribution is -2.08. The first-order valence-corrected chi connectivity index (χ1v) is 5.90. The molecular weight excluding hydrogens is 245 g/mol. The van der Waals surface area contributed by atoms with Gasteiger partial charge in [0.25, 0.3) is 0 Å². The second-order valence-electron chi connectivity index (χ2n) is 4.24. The summed E-state index contributed by atoms with van der Waals surface area (Å²) in [6, 6.07) is 6.39. The van der Waals surface area contributed by atoms with E-state index in [1.54, 1.807) is 18.5 Å². The number of nitrogens with one attached hydrogen (secondary N) is 2. The predicted molar refractivity (Wildman–Crippen MR) is 70.1 cm³/mol. The van der Waals surface area contributed by atoms with Gasteiger partial charge >= 0.3 is 0 Å². The van der Waals surface area contributed by atoms with Crippen LogP contribution in [0.3, 0.4) is 0 Å². The van der Waals surface area contributed by atoms with Crippen molar-refractivity contribution in [1.29, 1.82) is 0 Å². The second-order valence-corrected chi connectivity index (χ2v) is 4.24. The van der Waals surface area contributed by atoms with Crippen LogP contribution in [0.15, 0.2) is 36.9 Å². The molecular formula is C13H12FN5. The molecule has 0 fully saturated rings. The number of fused-ring (bicyclic) bond motifs is 1. The van der Waals surface area contributed by atoms with E-state index in [0.29, 0.717) is 11.5 Å². The number of aromatic nitrogens is 4. The van der Waals surface area contributed by atoms with Crippen LogP contribution in [-0.4, -0.2) is 19.9 Å². The second kappa shape index (κ2) is 4.64. The molecule has 0 bridgehead atoms. The number of nitrogens with zero attached hydrogens (tertiary/aromatic N) is 3. The third-order valence-electron chi connectivity index (χ3n) is 2.95. The molecule has 2 N–H and O–H groups in total. The summed E-state index contributed by atoms with van der Waals surface area (Å²) >= 11 is 0. The SMILES string of the molecule is CC(Nc1ncnc2nc[nH]c12)c1ccc(F)cc1. The van der Waals surface area contributed by atoms with Gasteiger partial charge in [0.15, 0.2) is 11.5 Å². The number of imidazole rings is 1. The first kappa shape index (κ1) is 11.6. The summed E-state index contributed by atoms with van der Waals surface area (Å²) in [6.45, 7) is 1.98. The fourth-order valence-corrected chi connectivity index (χ4v) is 1.91. The Hall–Kier alpha value is -2.50. The van der Waals surface area contributed by atoms with Crippen LogP contribution in [0.2, 0.25) is 0 Å². The minimum atomic E-state index is -0.242. The van der Waals surface area contributed by atoms with E-state index in [2.05, 4.69) is 25.3 Å². The molecule has 1 atom stereocenters. The smallest absolute Gasteiger partial charge is 0.182 e. The van der Waals surface area contributed by atoms with Gasteiger partial charge in [-0.15, -0.1) is 0 Å². The number of hydrogen-bond donors (Lipinski definition) is 2. The van der Waals surface area contributed by atoms with Gasteiger partial charge in [0.05, 0.1) is 12.4 Å². The largest absolute Gasteiger partial charge is 0.362 e. The van der Waals surface area contributed by atoms with Gasteiger partial charge in [-0.05, 0) is 24.6 Å². The fraction of sp³-hybridized carbons (Fsp3) is 0.154. The molecule has 0 amide bonds. The number of halogens is 1. The molecule has 3 rings (SSSR count). The normalized spacial score (nSPS) is 12.5. The molecule has 1 aromatic carbocycles. The molecule has 6 heteroatoms. The Morgan fingerprint density at radius 3 is 2.74 bits per heavy atom. The van der Waals surface area contributed by atoms with Crippen LogP contribution in [-0.2, 0) is 0 Å². The highest BCUT2D eigenvalue weighted by molar-refractivity contribution is 5.82. The van der Waals surface area contributed by atoms with Crippen molar-refractivity contribution in [3.8, 4) is 0 Å². The number of H-pyrrole nitrogens is 1. The highest BCUT2D eigenvalue weighted by atomic mass is 19.1. The van der Waals surface area contributed by atoms with Crippen molar-refractivity contribution in [3.05, 3.63) is 48.3 Å². The van der Waals surface area contributed by atoms with Crippen molar-refractivity contribution in [2.24, 2.45) is 0 Å². The van der Waals surface area contributed by atoms with Gasteiger partial charge in [0.1, 0.15) is 17.7 Å². The summed E-state index contributed by atoms with van der Waals surface area (Å²) in [7, 11) is 0. The lowest BCUT2D eigenvalue weighted by molar-refractivity contribution is 0.626. The molecule has 0 radical (unpaired) electrons. The van der Waals surface area contributed by atoms with Gasteiger partial charge in [-0.2, -0.15) is 0 Å². The lowest BCUT2D eigenvalue weighted by atomic mass is 10.1. The number of benzene rings is 1. The average molecular weight is 257 g/mol. The molecule has 0 saturated heterocycles. The highest BCUT2D eigenvalue weighted by Gasteiger charge is 2.10. The molecule has 0 aliphatic carbocycles. The van der Waals surface area contributed by atoms with E-state index < -0.39 is 0 Å². The van der Waals surface area contributed by atoms with Crippen LogP contribution in [0.25, 0.3) is 11.2 Å². The van der Waals surface area contributed by atoms with E-state index in [-0.39, 0.29) is 11.9 Å². The van der Waals surface area contributed by atoms with Crippen molar-refractivity contribution in [2.45, 2.75) is 13.0 Å². The summed E-state index contributed by atoms with van der Waals surface area (Å²) in [5.74, 6) is 0.438. The highest BCUT2D eigenvalue weighted by Crippen LogP contribution is 2.21. The molecule has 2 aromatic heterocycles. The van der Waals surface area contributed by atoms with Gasteiger partial charge in [-0.1, -0.05) is 12.1 Å². The van der Waals surface area contributed by atoms with Crippen LogP contribution in [0.4, 0.5) is 10.2 Å². The molecule has 19 heavy (non-hydrogen) atoms. The third kappa shape index (κ3) is 2.24. The Kier molecular flexibility index (Phi) is 2.83. The number of rotatable bonds is 3.